The van der Waals surface area contributed by atoms with Gasteiger partial charge in [0, 0.05) is 46.7 Å². The zero-order chi connectivity index (χ0) is 19.9. The van der Waals surface area contributed by atoms with E-state index in [2.05, 4.69) is 22.4 Å². The van der Waals surface area contributed by atoms with Crippen LogP contribution in [-0.2, 0) is 24.4 Å². The summed E-state index contributed by atoms with van der Waals surface area (Å²) in [5.41, 5.74) is 3.32. The molecule has 28 heavy (non-hydrogen) atoms. The fourth-order valence-corrected chi connectivity index (χ4v) is 3.46. The van der Waals surface area contributed by atoms with Gasteiger partial charge in [-0.15, -0.1) is 0 Å². The smallest absolute Gasteiger partial charge is 0.222 e. The van der Waals surface area contributed by atoms with Gasteiger partial charge in [-0.25, -0.2) is 4.39 Å². The molecule has 0 radical (unpaired) electrons. The number of halogens is 1. The van der Waals surface area contributed by atoms with Crippen molar-refractivity contribution in [3.05, 3.63) is 71.0 Å². The molecule has 1 aliphatic rings. The summed E-state index contributed by atoms with van der Waals surface area (Å²) in [4.78, 5) is 20.2. The fraction of sp³-hybridized carbons (Fsp3) is 0.364. The van der Waals surface area contributed by atoms with Crippen molar-refractivity contribution in [3.8, 4) is 0 Å². The highest BCUT2D eigenvalue weighted by atomic mass is 19.1. The monoisotopic (exact) mass is 382 g/mol. The normalized spacial score (nSPS) is 14.5. The van der Waals surface area contributed by atoms with E-state index in [1.54, 1.807) is 19.2 Å². The predicted molar refractivity (Wildman–Crippen MR) is 109 cm³/mol. The highest BCUT2D eigenvalue weighted by Crippen LogP contribution is 2.17. The summed E-state index contributed by atoms with van der Waals surface area (Å²) in [5.74, 6) is 0.760. The second-order valence-electron chi connectivity index (χ2n) is 7.07. The molecule has 1 amide bonds. The number of hydrogen-bond donors (Lipinski definition) is 1. The Morgan fingerprint density at radius 2 is 1.89 bits per heavy atom. The van der Waals surface area contributed by atoms with Crippen LogP contribution < -0.4 is 5.32 Å². The van der Waals surface area contributed by atoms with E-state index < -0.39 is 0 Å². The summed E-state index contributed by atoms with van der Waals surface area (Å²) in [5, 5.41) is 3.39. The maximum absolute atomic E-state index is 13.1. The summed E-state index contributed by atoms with van der Waals surface area (Å²) < 4.78 is 13.1. The molecule has 0 aliphatic carbocycles. The van der Waals surface area contributed by atoms with E-state index in [1.165, 1.54) is 12.1 Å². The zero-order valence-electron chi connectivity index (χ0n) is 16.5. The molecule has 148 valence electrons. The van der Waals surface area contributed by atoms with Crippen LogP contribution in [0.3, 0.4) is 0 Å². The minimum Gasteiger partial charge on any atom is -0.352 e. The van der Waals surface area contributed by atoms with Crippen LogP contribution in [0.2, 0.25) is 0 Å². The van der Waals surface area contributed by atoms with E-state index in [9.17, 15) is 9.18 Å². The van der Waals surface area contributed by atoms with Crippen molar-refractivity contribution in [3.63, 3.8) is 0 Å². The quantitative estimate of drug-likeness (QED) is 0.617. The van der Waals surface area contributed by atoms with Gasteiger partial charge in [-0.2, -0.15) is 0 Å². The van der Waals surface area contributed by atoms with Gasteiger partial charge in [0.2, 0.25) is 5.91 Å². The van der Waals surface area contributed by atoms with Gasteiger partial charge in [-0.3, -0.25) is 9.79 Å². The largest absolute Gasteiger partial charge is 0.352 e. The lowest BCUT2D eigenvalue weighted by atomic mass is 10.1. The molecule has 5 nitrogen and oxygen atoms in total. The number of nitrogens with one attached hydrogen (secondary N) is 1. The van der Waals surface area contributed by atoms with Crippen molar-refractivity contribution < 1.29 is 9.18 Å². The lowest BCUT2D eigenvalue weighted by Gasteiger charge is -2.23. The SMILES string of the molecule is CN=C(NCc1ccccc1CN1CCCC1=O)N(C)Cc1ccc(F)cc1. The first-order chi connectivity index (χ1) is 13.6. The van der Waals surface area contributed by atoms with Crippen LogP contribution in [-0.4, -0.2) is 42.3 Å². The molecule has 2 aromatic rings. The van der Waals surface area contributed by atoms with E-state index in [0.717, 1.165) is 35.6 Å². The first-order valence-electron chi connectivity index (χ1n) is 9.57. The fourth-order valence-electron chi connectivity index (χ4n) is 3.46. The molecular weight excluding hydrogens is 355 g/mol. The van der Waals surface area contributed by atoms with Gasteiger partial charge in [-0.1, -0.05) is 36.4 Å². The van der Waals surface area contributed by atoms with Gasteiger partial charge in [0.25, 0.3) is 0 Å². The third-order valence-electron chi connectivity index (χ3n) is 4.99. The average Bonchev–Trinajstić information content (AvgIpc) is 3.10. The third kappa shape index (κ3) is 5.09. The predicted octanol–water partition coefficient (Wildman–Crippen LogP) is 3.16. The number of guanidine groups is 1. The molecule has 1 N–H and O–H groups in total. The van der Waals surface area contributed by atoms with Gasteiger partial charge in [0.15, 0.2) is 5.96 Å². The Bertz CT molecular complexity index is 835. The van der Waals surface area contributed by atoms with Crippen LogP contribution in [0.5, 0.6) is 0 Å². The summed E-state index contributed by atoms with van der Waals surface area (Å²) in [7, 11) is 3.70. The van der Waals surface area contributed by atoms with Crippen LogP contribution in [0, 0.1) is 5.82 Å². The Kier molecular flexibility index (Phi) is 6.63. The summed E-state index contributed by atoms with van der Waals surface area (Å²) >= 11 is 0. The Labute approximate surface area is 165 Å². The number of likely N-dealkylation sites (tertiary alicyclic amines) is 1. The van der Waals surface area contributed by atoms with Crippen LogP contribution in [0.1, 0.15) is 29.5 Å². The minimum absolute atomic E-state index is 0.234. The van der Waals surface area contributed by atoms with Crippen LogP contribution in [0.25, 0.3) is 0 Å². The standard InChI is InChI=1S/C22H27FN4O/c1-24-22(26(2)15-17-9-11-20(23)12-10-17)25-14-18-6-3-4-7-19(18)16-27-13-5-8-21(27)28/h3-4,6-7,9-12H,5,8,13-16H2,1-2H3,(H,24,25). The van der Waals surface area contributed by atoms with Crippen molar-refractivity contribution in [2.24, 2.45) is 4.99 Å². The number of rotatable bonds is 6. The molecule has 6 heteroatoms. The Morgan fingerprint density at radius 3 is 2.54 bits per heavy atom. The molecule has 2 aromatic carbocycles. The molecule has 0 saturated carbocycles. The van der Waals surface area contributed by atoms with Gasteiger partial charge in [0.1, 0.15) is 5.82 Å². The van der Waals surface area contributed by atoms with E-state index in [0.29, 0.717) is 26.1 Å². The van der Waals surface area contributed by atoms with Crippen LogP contribution >= 0.6 is 0 Å². The number of hydrogen-bond acceptors (Lipinski definition) is 2. The summed E-state index contributed by atoms with van der Waals surface area (Å²) in [6.07, 6.45) is 1.60. The third-order valence-corrected chi connectivity index (χ3v) is 4.99. The lowest BCUT2D eigenvalue weighted by Crippen LogP contribution is -2.38. The van der Waals surface area contributed by atoms with Crippen molar-refractivity contribution in [2.75, 3.05) is 20.6 Å². The Hall–Kier alpha value is -2.89. The number of carbonyl (C=O) groups excluding carboxylic acids is 1. The maximum Gasteiger partial charge on any atom is 0.222 e. The van der Waals surface area contributed by atoms with Crippen molar-refractivity contribution in [1.29, 1.82) is 0 Å². The summed E-state index contributed by atoms with van der Waals surface area (Å²) in [6, 6.07) is 14.7. The van der Waals surface area contributed by atoms with Crippen molar-refractivity contribution >= 4 is 11.9 Å². The number of aliphatic imine (C=N–C) groups is 1. The number of nitrogens with zero attached hydrogens (tertiary/aromatic N) is 3. The average molecular weight is 382 g/mol. The van der Waals surface area contributed by atoms with Crippen molar-refractivity contribution in [1.82, 2.24) is 15.1 Å². The topological polar surface area (TPSA) is 47.9 Å². The molecular formula is C22H27FN4O. The Balaban J connectivity index is 1.61. The molecule has 0 bridgehead atoms. The molecule has 0 unspecified atom stereocenters. The maximum atomic E-state index is 13.1. The molecule has 3 rings (SSSR count). The lowest BCUT2D eigenvalue weighted by molar-refractivity contribution is -0.128. The van der Waals surface area contributed by atoms with Crippen LogP contribution in [0.4, 0.5) is 4.39 Å². The number of carbonyl (C=O) groups is 1. The molecule has 1 aliphatic heterocycles. The second kappa shape index (κ2) is 9.35. The highest BCUT2D eigenvalue weighted by molar-refractivity contribution is 5.79. The first kappa shape index (κ1) is 19.9. The van der Waals surface area contributed by atoms with Gasteiger partial charge >= 0.3 is 0 Å². The molecule has 0 aromatic heterocycles. The first-order valence-corrected chi connectivity index (χ1v) is 9.57. The molecule has 1 heterocycles. The molecule has 0 spiro atoms. The molecule has 1 saturated heterocycles. The second-order valence-corrected chi connectivity index (χ2v) is 7.07. The Morgan fingerprint density at radius 1 is 1.18 bits per heavy atom. The number of amides is 1. The molecule has 1 fully saturated rings. The van der Waals surface area contributed by atoms with E-state index in [4.69, 9.17) is 0 Å². The zero-order valence-corrected chi connectivity index (χ0v) is 16.5. The van der Waals surface area contributed by atoms with Gasteiger partial charge < -0.3 is 15.1 Å². The van der Waals surface area contributed by atoms with E-state index in [1.807, 2.05) is 29.0 Å². The van der Waals surface area contributed by atoms with Gasteiger partial charge in [0.05, 0.1) is 0 Å². The highest BCUT2D eigenvalue weighted by Gasteiger charge is 2.21. The van der Waals surface area contributed by atoms with E-state index in [-0.39, 0.29) is 11.7 Å². The van der Waals surface area contributed by atoms with Crippen LogP contribution in [0.15, 0.2) is 53.5 Å². The molecule has 0 atom stereocenters. The minimum atomic E-state index is -0.234. The van der Waals surface area contributed by atoms with Gasteiger partial charge in [-0.05, 0) is 35.2 Å². The van der Waals surface area contributed by atoms with Crippen molar-refractivity contribution in [2.45, 2.75) is 32.5 Å². The number of benzene rings is 2. The van der Waals surface area contributed by atoms with E-state index >= 15 is 0 Å². The summed E-state index contributed by atoms with van der Waals surface area (Å²) in [6.45, 7) is 2.74.